The molecule has 4 heterocycles. The standard InChI is InChI=1S/C31H32N6/c1-3-20(17-21-11-14-32-15-12-21)18-22(4-2)24-9-10-26-25(19-24)29(37-36-26)31-34-27-13-16-33-28(30(27)35-31)23-7-5-6-8-23/h3-5,7-10,13,16,18-19,21,32H,1,6,11-12,14-15,17H2,2H3,(H,34,35)(H,36,37)/b20-18+,22-4+. The van der Waals surface area contributed by atoms with Crippen LogP contribution in [0.15, 0.2) is 79.1 Å². The van der Waals surface area contributed by atoms with E-state index in [-0.39, 0.29) is 0 Å². The van der Waals surface area contributed by atoms with Crippen molar-refractivity contribution < 1.29 is 0 Å². The van der Waals surface area contributed by atoms with Crippen LogP contribution in [-0.4, -0.2) is 38.2 Å². The normalized spacial score (nSPS) is 17.2. The van der Waals surface area contributed by atoms with Crippen LogP contribution in [0.4, 0.5) is 0 Å². The Morgan fingerprint density at radius 3 is 2.81 bits per heavy atom. The summed E-state index contributed by atoms with van der Waals surface area (Å²) in [7, 11) is 0. The van der Waals surface area contributed by atoms with E-state index in [0.717, 1.165) is 82.1 Å². The van der Waals surface area contributed by atoms with Gasteiger partial charge in [0, 0.05) is 11.6 Å². The fraction of sp³-hybridized carbons (Fsp3) is 0.258. The summed E-state index contributed by atoms with van der Waals surface area (Å²) < 4.78 is 0. The van der Waals surface area contributed by atoms with Gasteiger partial charge in [-0.15, -0.1) is 0 Å². The monoisotopic (exact) mass is 488 g/mol. The number of rotatable bonds is 7. The zero-order chi connectivity index (χ0) is 25.2. The number of piperidine rings is 1. The number of benzene rings is 1. The highest BCUT2D eigenvalue weighted by atomic mass is 15.1. The lowest BCUT2D eigenvalue weighted by Gasteiger charge is -2.23. The lowest BCUT2D eigenvalue weighted by molar-refractivity contribution is 0.374. The van der Waals surface area contributed by atoms with Crippen LogP contribution in [0.3, 0.4) is 0 Å². The number of nitrogens with one attached hydrogen (secondary N) is 3. The molecular weight excluding hydrogens is 456 g/mol. The zero-order valence-electron chi connectivity index (χ0n) is 21.2. The third-order valence-electron chi connectivity index (χ3n) is 7.46. The maximum absolute atomic E-state index is 4.95. The van der Waals surface area contributed by atoms with Crippen molar-refractivity contribution in [3.63, 3.8) is 0 Å². The van der Waals surface area contributed by atoms with Gasteiger partial charge in [0.2, 0.25) is 0 Å². The van der Waals surface area contributed by atoms with Crippen LogP contribution in [0.25, 0.3) is 44.6 Å². The van der Waals surface area contributed by atoms with Crippen LogP contribution in [0.2, 0.25) is 0 Å². The Bertz CT molecular complexity index is 1590. The van der Waals surface area contributed by atoms with Crippen LogP contribution < -0.4 is 5.32 Å². The molecule has 0 amide bonds. The fourth-order valence-electron chi connectivity index (χ4n) is 5.42. The minimum atomic E-state index is 0.717. The molecule has 0 saturated carbocycles. The van der Waals surface area contributed by atoms with Crippen LogP contribution >= 0.6 is 0 Å². The second-order valence-electron chi connectivity index (χ2n) is 9.84. The van der Waals surface area contributed by atoms with Crippen molar-refractivity contribution in [3.05, 3.63) is 90.3 Å². The zero-order valence-corrected chi connectivity index (χ0v) is 21.2. The van der Waals surface area contributed by atoms with Gasteiger partial charge in [-0.2, -0.15) is 5.10 Å². The van der Waals surface area contributed by atoms with Crippen molar-refractivity contribution in [3.8, 4) is 11.5 Å². The van der Waals surface area contributed by atoms with E-state index in [0.29, 0.717) is 0 Å². The lowest BCUT2D eigenvalue weighted by Crippen LogP contribution is -2.27. The molecule has 3 aromatic heterocycles. The number of nitrogens with zero attached hydrogens (tertiary/aromatic N) is 3. The molecule has 2 aliphatic rings. The second-order valence-corrected chi connectivity index (χ2v) is 9.84. The number of hydrogen-bond donors (Lipinski definition) is 3. The van der Waals surface area contributed by atoms with Gasteiger partial charge in [-0.1, -0.05) is 49.1 Å². The average molecular weight is 489 g/mol. The van der Waals surface area contributed by atoms with Crippen molar-refractivity contribution in [2.24, 2.45) is 5.92 Å². The van der Waals surface area contributed by atoms with Crippen LogP contribution in [0.1, 0.15) is 43.9 Å². The van der Waals surface area contributed by atoms with Crippen LogP contribution in [0, 0.1) is 5.92 Å². The summed E-state index contributed by atoms with van der Waals surface area (Å²) in [5.41, 5.74) is 9.28. The Balaban J connectivity index is 1.36. The number of H-pyrrole nitrogens is 2. The van der Waals surface area contributed by atoms with Gasteiger partial charge in [-0.25, -0.2) is 4.98 Å². The first kappa shape index (κ1) is 23.4. The minimum Gasteiger partial charge on any atom is -0.336 e. The Kier molecular flexibility index (Phi) is 6.41. The number of hydrogen-bond acceptors (Lipinski definition) is 4. The summed E-state index contributed by atoms with van der Waals surface area (Å²) in [4.78, 5) is 13.0. The summed E-state index contributed by atoms with van der Waals surface area (Å²) in [6, 6.07) is 8.43. The van der Waals surface area contributed by atoms with E-state index in [2.05, 4.69) is 87.6 Å². The number of fused-ring (bicyclic) bond motifs is 2. The van der Waals surface area contributed by atoms with Gasteiger partial charge in [0.1, 0.15) is 11.2 Å². The van der Waals surface area contributed by atoms with Crippen LogP contribution in [-0.2, 0) is 0 Å². The first-order chi connectivity index (χ1) is 18.2. The van der Waals surface area contributed by atoms with Gasteiger partial charge in [-0.05, 0) is 92.1 Å². The van der Waals surface area contributed by atoms with Gasteiger partial charge in [0.15, 0.2) is 5.82 Å². The van der Waals surface area contributed by atoms with E-state index in [9.17, 15) is 0 Å². The Hall–Kier alpha value is -4.03. The number of pyridine rings is 1. The summed E-state index contributed by atoms with van der Waals surface area (Å²) in [5.74, 6) is 1.46. The topological polar surface area (TPSA) is 82.3 Å². The lowest BCUT2D eigenvalue weighted by atomic mass is 9.89. The summed E-state index contributed by atoms with van der Waals surface area (Å²) >= 11 is 0. The Morgan fingerprint density at radius 1 is 1.14 bits per heavy atom. The number of aromatic amines is 2. The number of allylic oxidation sites excluding steroid dienone is 9. The highest BCUT2D eigenvalue weighted by molar-refractivity contribution is 5.97. The molecule has 6 heteroatoms. The number of aromatic nitrogens is 5. The Morgan fingerprint density at radius 2 is 2.03 bits per heavy atom. The SMILES string of the molecule is C=C/C(=C\C(=C/C)c1ccc2[nH]nc(-c3nc4c(C5=CCC=C5)nccc4[nH]3)c2c1)CC1CCNCC1. The second kappa shape index (κ2) is 10.1. The quantitative estimate of drug-likeness (QED) is 0.251. The first-order valence-electron chi connectivity index (χ1n) is 13.1. The predicted octanol–water partition coefficient (Wildman–Crippen LogP) is 6.75. The molecule has 4 aromatic rings. The van der Waals surface area contributed by atoms with Gasteiger partial charge in [-0.3, -0.25) is 10.1 Å². The molecule has 0 bridgehead atoms. The van der Waals surface area contributed by atoms with Gasteiger partial charge in [0.05, 0.1) is 16.7 Å². The minimum absolute atomic E-state index is 0.717. The van der Waals surface area contributed by atoms with E-state index in [4.69, 9.17) is 4.98 Å². The molecule has 1 fully saturated rings. The maximum atomic E-state index is 4.95. The smallest absolute Gasteiger partial charge is 0.159 e. The summed E-state index contributed by atoms with van der Waals surface area (Å²) in [6.45, 7) is 8.42. The molecule has 0 unspecified atom stereocenters. The molecule has 6 nitrogen and oxygen atoms in total. The molecule has 6 rings (SSSR count). The first-order valence-corrected chi connectivity index (χ1v) is 13.1. The molecule has 3 N–H and O–H groups in total. The van der Waals surface area contributed by atoms with E-state index in [1.54, 1.807) is 0 Å². The molecule has 1 aliphatic carbocycles. The summed E-state index contributed by atoms with van der Waals surface area (Å²) in [6.07, 6.45) is 19.2. The molecule has 1 aliphatic heterocycles. The van der Waals surface area contributed by atoms with Gasteiger partial charge in [0.25, 0.3) is 0 Å². The molecule has 0 spiro atoms. The third-order valence-corrected chi connectivity index (χ3v) is 7.46. The van der Waals surface area contributed by atoms with Crippen molar-refractivity contribution >= 4 is 33.1 Å². The molecule has 1 aromatic carbocycles. The van der Waals surface area contributed by atoms with Crippen LogP contribution in [0.5, 0.6) is 0 Å². The number of imidazole rings is 1. The van der Waals surface area contributed by atoms with Crippen molar-refractivity contribution in [1.82, 2.24) is 30.5 Å². The average Bonchev–Trinajstić information content (AvgIpc) is 3.70. The molecule has 0 radical (unpaired) electrons. The summed E-state index contributed by atoms with van der Waals surface area (Å²) in [5, 5.41) is 12.3. The van der Waals surface area contributed by atoms with E-state index in [1.807, 2.05) is 18.3 Å². The highest BCUT2D eigenvalue weighted by Gasteiger charge is 2.18. The van der Waals surface area contributed by atoms with Crippen molar-refractivity contribution in [1.29, 1.82) is 0 Å². The van der Waals surface area contributed by atoms with E-state index in [1.165, 1.54) is 24.0 Å². The fourth-order valence-corrected chi connectivity index (χ4v) is 5.42. The van der Waals surface area contributed by atoms with Crippen molar-refractivity contribution in [2.45, 2.75) is 32.6 Å². The van der Waals surface area contributed by atoms with Gasteiger partial charge < -0.3 is 10.3 Å². The largest absolute Gasteiger partial charge is 0.336 e. The third kappa shape index (κ3) is 4.60. The maximum Gasteiger partial charge on any atom is 0.159 e. The van der Waals surface area contributed by atoms with Gasteiger partial charge >= 0.3 is 0 Å². The highest BCUT2D eigenvalue weighted by Crippen LogP contribution is 2.32. The molecule has 1 saturated heterocycles. The molecule has 37 heavy (non-hydrogen) atoms. The Labute approximate surface area is 217 Å². The molecule has 186 valence electrons. The van der Waals surface area contributed by atoms with E-state index >= 15 is 0 Å². The predicted molar refractivity (Wildman–Crippen MR) is 153 cm³/mol. The molecular formula is C31H32N6. The van der Waals surface area contributed by atoms with E-state index < -0.39 is 0 Å². The van der Waals surface area contributed by atoms with Crippen molar-refractivity contribution in [2.75, 3.05) is 13.1 Å². The molecule has 0 atom stereocenters.